The molecule has 1 aliphatic rings. The van der Waals surface area contributed by atoms with E-state index in [9.17, 15) is 9.59 Å². The van der Waals surface area contributed by atoms with Crippen LogP contribution in [0.1, 0.15) is 32.6 Å². The zero-order chi connectivity index (χ0) is 19.8. The van der Waals surface area contributed by atoms with Crippen LogP contribution in [0.25, 0.3) is 16.7 Å². The predicted octanol–water partition coefficient (Wildman–Crippen LogP) is 2.71. The van der Waals surface area contributed by atoms with E-state index in [0.29, 0.717) is 28.1 Å². The molecule has 1 aliphatic carbocycles. The molecule has 0 spiro atoms. The number of amides is 1. The standard InChI is InChI=1S/C20H25N5O2S/c1-13-8-10-14(11-9-13)23(2)17(26)12-28-20-22-21-19-24(3)18(27)15-6-4-5-7-16(15)25(19)20/h4-7,13-14H,8-12H2,1-3H3. The lowest BCUT2D eigenvalue weighted by Gasteiger charge is -2.33. The molecule has 1 aromatic carbocycles. The van der Waals surface area contributed by atoms with Gasteiger partial charge in [-0.2, -0.15) is 0 Å². The molecule has 0 aliphatic heterocycles. The summed E-state index contributed by atoms with van der Waals surface area (Å²) in [6, 6.07) is 7.75. The first-order valence-corrected chi connectivity index (χ1v) is 10.7. The quantitative estimate of drug-likeness (QED) is 0.631. The second-order valence-corrected chi connectivity index (χ2v) is 8.65. The summed E-state index contributed by atoms with van der Waals surface area (Å²) in [5.74, 6) is 1.65. The largest absolute Gasteiger partial charge is 0.342 e. The molecule has 28 heavy (non-hydrogen) atoms. The van der Waals surface area contributed by atoms with Crippen molar-refractivity contribution in [2.24, 2.45) is 13.0 Å². The van der Waals surface area contributed by atoms with Crippen molar-refractivity contribution in [1.82, 2.24) is 24.1 Å². The highest BCUT2D eigenvalue weighted by Crippen LogP contribution is 2.27. The van der Waals surface area contributed by atoms with E-state index in [4.69, 9.17) is 0 Å². The molecule has 3 aromatic rings. The molecule has 0 N–H and O–H groups in total. The van der Waals surface area contributed by atoms with E-state index in [2.05, 4.69) is 17.1 Å². The smallest absolute Gasteiger partial charge is 0.262 e. The fourth-order valence-corrected chi connectivity index (χ4v) is 4.83. The first kappa shape index (κ1) is 19.0. The Labute approximate surface area is 167 Å². The molecule has 0 bridgehead atoms. The highest BCUT2D eigenvalue weighted by Gasteiger charge is 2.25. The van der Waals surface area contributed by atoms with Gasteiger partial charge in [0.1, 0.15) is 0 Å². The maximum absolute atomic E-state index is 12.7. The molecule has 2 heterocycles. The molecule has 8 heteroatoms. The highest BCUT2D eigenvalue weighted by molar-refractivity contribution is 7.99. The average Bonchev–Trinajstić information content (AvgIpc) is 3.14. The van der Waals surface area contributed by atoms with Crippen LogP contribution in [0.15, 0.2) is 34.2 Å². The number of carbonyl (C=O) groups excluding carboxylic acids is 1. The minimum absolute atomic E-state index is 0.102. The van der Waals surface area contributed by atoms with Crippen molar-refractivity contribution in [2.75, 3.05) is 12.8 Å². The Kier molecular flexibility index (Phi) is 5.14. The first-order valence-electron chi connectivity index (χ1n) is 9.68. The van der Waals surface area contributed by atoms with Gasteiger partial charge in [-0.05, 0) is 43.7 Å². The lowest BCUT2D eigenvalue weighted by Crippen LogP contribution is -2.40. The topological polar surface area (TPSA) is 72.5 Å². The summed E-state index contributed by atoms with van der Waals surface area (Å²) in [5.41, 5.74) is 0.657. The van der Waals surface area contributed by atoms with Crippen molar-refractivity contribution in [2.45, 2.75) is 43.8 Å². The summed E-state index contributed by atoms with van der Waals surface area (Å²) in [5, 5.41) is 9.66. The van der Waals surface area contributed by atoms with E-state index < -0.39 is 0 Å². The second-order valence-electron chi connectivity index (χ2n) is 7.71. The molecule has 1 amide bonds. The zero-order valence-electron chi connectivity index (χ0n) is 16.5. The number of fused-ring (bicyclic) bond motifs is 3. The number of nitrogens with zero attached hydrogens (tertiary/aromatic N) is 5. The third kappa shape index (κ3) is 3.30. The van der Waals surface area contributed by atoms with E-state index in [0.717, 1.165) is 24.3 Å². The van der Waals surface area contributed by atoms with Gasteiger partial charge in [-0.25, -0.2) is 0 Å². The van der Waals surface area contributed by atoms with Gasteiger partial charge in [-0.1, -0.05) is 30.8 Å². The molecule has 4 rings (SSSR count). The van der Waals surface area contributed by atoms with Crippen LogP contribution in [0.4, 0.5) is 0 Å². The molecule has 0 atom stereocenters. The van der Waals surface area contributed by atoms with Crippen LogP contribution in [0.5, 0.6) is 0 Å². The van der Waals surface area contributed by atoms with Gasteiger partial charge in [-0.3, -0.25) is 18.6 Å². The van der Waals surface area contributed by atoms with Crippen LogP contribution >= 0.6 is 11.8 Å². The Hall–Kier alpha value is -2.35. The van der Waals surface area contributed by atoms with Crippen molar-refractivity contribution >= 4 is 34.3 Å². The Bertz CT molecular complexity index is 1080. The van der Waals surface area contributed by atoms with Crippen LogP contribution in [0.3, 0.4) is 0 Å². The fourth-order valence-electron chi connectivity index (χ4n) is 3.97. The molecule has 0 unspecified atom stereocenters. The average molecular weight is 400 g/mol. The summed E-state index contributed by atoms with van der Waals surface area (Å²) in [6.45, 7) is 2.28. The number of hydrogen-bond acceptors (Lipinski definition) is 5. The Morgan fingerprint density at radius 2 is 1.93 bits per heavy atom. The van der Waals surface area contributed by atoms with Crippen LogP contribution in [-0.2, 0) is 11.8 Å². The van der Waals surface area contributed by atoms with Crippen molar-refractivity contribution in [3.63, 3.8) is 0 Å². The molecule has 0 saturated heterocycles. The molecular formula is C20H25N5O2S. The molecule has 1 fully saturated rings. The van der Waals surface area contributed by atoms with Crippen LogP contribution < -0.4 is 5.56 Å². The monoisotopic (exact) mass is 399 g/mol. The number of thioether (sulfide) groups is 1. The van der Waals surface area contributed by atoms with Gasteiger partial charge in [0, 0.05) is 20.1 Å². The van der Waals surface area contributed by atoms with Crippen molar-refractivity contribution < 1.29 is 4.79 Å². The Morgan fingerprint density at radius 3 is 2.68 bits per heavy atom. The molecule has 2 aromatic heterocycles. The van der Waals surface area contributed by atoms with Gasteiger partial charge < -0.3 is 4.90 Å². The summed E-state index contributed by atoms with van der Waals surface area (Å²) in [6.07, 6.45) is 4.53. The zero-order valence-corrected chi connectivity index (χ0v) is 17.3. The normalized spacial score (nSPS) is 20.0. The first-order chi connectivity index (χ1) is 13.5. The number of aromatic nitrogens is 4. The van der Waals surface area contributed by atoms with Gasteiger partial charge in [0.25, 0.3) is 5.56 Å². The number of carbonyl (C=O) groups is 1. The maximum atomic E-state index is 12.7. The molecule has 1 saturated carbocycles. The van der Waals surface area contributed by atoms with Gasteiger partial charge in [-0.15, -0.1) is 10.2 Å². The summed E-state index contributed by atoms with van der Waals surface area (Å²) < 4.78 is 3.35. The third-order valence-electron chi connectivity index (χ3n) is 5.85. The van der Waals surface area contributed by atoms with Crippen molar-refractivity contribution in [3.05, 3.63) is 34.6 Å². The predicted molar refractivity (Wildman–Crippen MR) is 111 cm³/mol. The molecule has 0 radical (unpaired) electrons. The van der Waals surface area contributed by atoms with Gasteiger partial charge >= 0.3 is 0 Å². The fraction of sp³-hybridized carbons (Fsp3) is 0.500. The van der Waals surface area contributed by atoms with E-state index in [1.165, 1.54) is 29.2 Å². The highest BCUT2D eigenvalue weighted by atomic mass is 32.2. The van der Waals surface area contributed by atoms with Gasteiger partial charge in [0.15, 0.2) is 5.16 Å². The second kappa shape index (κ2) is 7.58. The van der Waals surface area contributed by atoms with Crippen molar-refractivity contribution in [1.29, 1.82) is 0 Å². The van der Waals surface area contributed by atoms with Gasteiger partial charge in [0.2, 0.25) is 11.7 Å². The summed E-state index contributed by atoms with van der Waals surface area (Å²) >= 11 is 1.37. The minimum Gasteiger partial charge on any atom is -0.342 e. The Morgan fingerprint density at radius 1 is 1.21 bits per heavy atom. The van der Waals surface area contributed by atoms with Crippen LogP contribution in [0.2, 0.25) is 0 Å². The van der Waals surface area contributed by atoms with Crippen LogP contribution in [0, 0.1) is 5.92 Å². The molecule has 148 valence electrons. The third-order valence-corrected chi connectivity index (χ3v) is 6.76. The lowest BCUT2D eigenvalue weighted by molar-refractivity contribution is -0.129. The lowest BCUT2D eigenvalue weighted by atomic mass is 9.87. The number of benzene rings is 1. The molecule has 7 nitrogen and oxygen atoms in total. The summed E-state index contributed by atoms with van der Waals surface area (Å²) in [7, 11) is 3.60. The van der Waals surface area contributed by atoms with Crippen LogP contribution in [-0.4, -0.2) is 48.8 Å². The van der Waals surface area contributed by atoms with E-state index in [-0.39, 0.29) is 11.5 Å². The number of rotatable bonds is 4. The minimum atomic E-state index is -0.102. The van der Waals surface area contributed by atoms with E-state index >= 15 is 0 Å². The Balaban J connectivity index is 1.57. The number of para-hydroxylation sites is 1. The van der Waals surface area contributed by atoms with Gasteiger partial charge in [0.05, 0.1) is 16.7 Å². The number of hydrogen-bond donors (Lipinski definition) is 0. The SMILES string of the molecule is CC1CCC(N(C)C(=O)CSc2nnc3n(C)c(=O)c4ccccc4n23)CC1. The van der Waals surface area contributed by atoms with Crippen molar-refractivity contribution in [3.8, 4) is 0 Å². The summed E-state index contributed by atoms with van der Waals surface area (Å²) in [4.78, 5) is 27.2. The van der Waals surface area contributed by atoms with E-state index in [1.54, 1.807) is 13.1 Å². The number of aryl methyl sites for hydroxylation is 1. The maximum Gasteiger partial charge on any atom is 0.262 e. The van der Waals surface area contributed by atoms with E-state index in [1.807, 2.05) is 34.5 Å². The molecular weight excluding hydrogens is 374 g/mol.